The molecule has 1 fully saturated rings. The molecule has 0 saturated carbocycles. The van der Waals surface area contributed by atoms with Gasteiger partial charge in [-0.05, 0) is 30.9 Å². The normalized spacial score (nSPS) is 19.9. The van der Waals surface area contributed by atoms with Crippen molar-refractivity contribution < 1.29 is 14.3 Å². The van der Waals surface area contributed by atoms with Gasteiger partial charge in [-0.25, -0.2) is 4.39 Å². The van der Waals surface area contributed by atoms with Crippen molar-refractivity contribution in [3.05, 3.63) is 29.6 Å². The van der Waals surface area contributed by atoms with Crippen LogP contribution < -0.4 is 0 Å². The SMILES string of the molecule is O=C(c1c(O)cccc1F)N1CCCC(CCl)C1. The number of alkyl halides is 1. The molecule has 1 aromatic carbocycles. The second-order valence-electron chi connectivity index (χ2n) is 4.55. The fourth-order valence-corrected chi connectivity index (χ4v) is 2.51. The zero-order valence-electron chi connectivity index (χ0n) is 9.90. The molecule has 1 unspecified atom stereocenters. The third kappa shape index (κ3) is 2.58. The van der Waals surface area contributed by atoms with Crippen molar-refractivity contribution in [2.75, 3.05) is 19.0 Å². The van der Waals surface area contributed by atoms with Crippen LogP contribution in [0.2, 0.25) is 0 Å². The van der Waals surface area contributed by atoms with Gasteiger partial charge in [0.1, 0.15) is 17.1 Å². The predicted octanol–water partition coefficient (Wildman–Crippen LogP) is 2.62. The number of hydrogen-bond acceptors (Lipinski definition) is 2. The number of likely N-dealkylation sites (tertiary alicyclic amines) is 1. The Labute approximate surface area is 110 Å². The van der Waals surface area contributed by atoms with E-state index in [1.165, 1.54) is 18.2 Å². The lowest BCUT2D eigenvalue weighted by Gasteiger charge is -2.32. The van der Waals surface area contributed by atoms with Gasteiger partial charge in [0.2, 0.25) is 0 Å². The van der Waals surface area contributed by atoms with Crippen LogP contribution in [0.4, 0.5) is 4.39 Å². The molecule has 18 heavy (non-hydrogen) atoms. The summed E-state index contributed by atoms with van der Waals surface area (Å²) in [6.45, 7) is 1.11. The minimum absolute atomic E-state index is 0.243. The van der Waals surface area contributed by atoms with E-state index in [0.29, 0.717) is 19.0 Å². The molecule has 1 saturated heterocycles. The highest BCUT2D eigenvalue weighted by molar-refractivity contribution is 6.18. The molecule has 2 rings (SSSR count). The molecule has 1 heterocycles. The highest BCUT2D eigenvalue weighted by atomic mass is 35.5. The van der Waals surface area contributed by atoms with Gasteiger partial charge in [-0.1, -0.05) is 6.07 Å². The van der Waals surface area contributed by atoms with Gasteiger partial charge in [-0.15, -0.1) is 11.6 Å². The van der Waals surface area contributed by atoms with Gasteiger partial charge in [-0.2, -0.15) is 0 Å². The lowest BCUT2D eigenvalue weighted by molar-refractivity contribution is 0.0677. The summed E-state index contributed by atoms with van der Waals surface area (Å²) in [5.74, 6) is -0.716. The predicted molar refractivity (Wildman–Crippen MR) is 67.4 cm³/mol. The van der Waals surface area contributed by atoms with Gasteiger partial charge in [0.15, 0.2) is 0 Å². The summed E-state index contributed by atoms with van der Waals surface area (Å²) in [5.41, 5.74) is -0.243. The summed E-state index contributed by atoms with van der Waals surface area (Å²) >= 11 is 5.80. The van der Waals surface area contributed by atoms with E-state index >= 15 is 0 Å². The molecule has 0 aromatic heterocycles. The van der Waals surface area contributed by atoms with Crippen molar-refractivity contribution >= 4 is 17.5 Å². The van der Waals surface area contributed by atoms with Crippen molar-refractivity contribution in [3.63, 3.8) is 0 Å². The van der Waals surface area contributed by atoms with Gasteiger partial charge < -0.3 is 10.0 Å². The largest absolute Gasteiger partial charge is 0.507 e. The minimum atomic E-state index is -0.687. The molecule has 1 atom stereocenters. The topological polar surface area (TPSA) is 40.5 Å². The van der Waals surface area contributed by atoms with E-state index in [9.17, 15) is 14.3 Å². The maximum Gasteiger partial charge on any atom is 0.260 e. The van der Waals surface area contributed by atoms with Crippen LogP contribution in [0.15, 0.2) is 18.2 Å². The molecule has 1 N–H and O–H groups in total. The monoisotopic (exact) mass is 271 g/mol. The second-order valence-corrected chi connectivity index (χ2v) is 4.86. The number of nitrogens with zero attached hydrogens (tertiary/aromatic N) is 1. The minimum Gasteiger partial charge on any atom is -0.507 e. The van der Waals surface area contributed by atoms with Gasteiger partial charge in [0.25, 0.3) is 5.91 Å². The highest BCUT2D eigenvalue weighted by Crippen LogP contribution is 2.25. The number of carbonyl (C=O) groups is 1. The molecule has 1 aromatic rings. The van der Waals surface area contributed by atoms with E-state index in [2.05, 4.69) is 0 Å². The van der Waals surface area contributed by atoms with Crippen LogP contribution in [-0.2, 0) is 0 Å². The maximum atomic E-state index is 13.6. The van der Waals surface area contributed by atoms with E-state index in [-0.39, 0.29) is 17.2 Å². The fourth-order valence-electron chi connectivity index (χ4n) is 2.26. The molecule has 0 spiro atoms. The Balaban J connectivity index is 2.20. The molecule has 5 heteroatoms. The summed E-state index contributed by atoms with van der Waals surface area (Å²) in [4.78, 5) is 13.7. The smallest absolute Gasteiger partial charge is 0.260 e. The Kier molecular flexibility index (Phi) is 4.07. The fraction of sp³-hybridized carbons (Fsp3) is 0.462. The molecule has 1 amide bonds. The molecule has 1 aliphatic heterocycles. The van der Waals surface area contributed by atoms with Gasteiger partial charge in [0.05, 0.1) is 0 Å². The summed E-state index contributed by atoms with van der Waals surface area (Å²) in [7, 11) is 0. The van der Waals surface area contributed by atoms with Crippen LogP contribution in [0.25, 0.3) is 0 Å². The molecule has 1 aliphatic rings. The molecule has 98 valence electrons. The average Bonchev–Trinajstić information content (AvgIpc) is 2.38. The van der Waals surface area contributed by atoms with Crippen molar-refractivity contribution in [2.45, 2.75) is 12.8 Å². The Morgan fingerprint density at radius 2 is 2.33 bits per heavy atom. The van der Waals surface area contributed by atoms with Crippen molar-refractivity contribution in [3.8, 4) is 5.75 Å². The molecule has 3 nitrogen and oxygen atoms in total. The number of benzene rings is 1. The Hall–Kier alpha value is -1.29. The number of aromatic hydroxyl groups is 1. The Bertz CT molecular complexity index is 432. The summed E-state index contributed by atoms with van der Waals surface area (Å²) in [6, 6.07) is 3.87. The molecule has 0 bridgehead atoms. The van der Waals surface area contributed by atoms with E-state index in [4.69, 9.17) is 11.6 Å². The van der Waals surface area contributed by atoms with Crippen LogP contribution in [0.5, 0.6) is 5.75 Å². The first-order valence-corrected chi connectivity index (χ1v) is 6.49. The van der Waals surface area contributed by atoms with Crippen LogP contribution >= 0.6 is 11.6 Å². The number of amides is 1. The number of hydrogen-bond donors (Lipinski definition) is 1. The standard InChI is InChI=1S/C13H15ClFNO2/c14-7-9-3-2-6-16(8-9)13(18)12-10(15)4-1-5-11(12)17/h1,4-5,9,17H,2-3,6-8H2. The molecule has 0 aliphatic carbocycles. The van der Waals surface area contributed by atoms with Gasteiger partial charge >= 0.3 is 0 Å². The number of rotatable bonds is 2. The van der Waals surface area contributed by atoms with Crippen LogP contribution in [0, 0.1) is 11.7 Å². The van der Waals surface area contributed by atoms with Crippen LogP contribution in [-0.4, -0.2) is 34.9 Å². The van der Waals surface area contributed by atoms with E-state index in [1.54, 1.807) is 4.90 Å². The molecular formula is C13H15ClFNO2. The average molecular weight is 272 g/mol. The van der Waals surface area contributed by atoms with E-state index in [1.807, 2.05) is 0 Å². The third-order valence-corrected chi connectivity index (χ3v) is 3.67. The third-order valence-electron chi connectivity index (χ3n) is 3.23. The summed E-state index contributed by atoms with van der Waals surface area (Å²) < 4.78 is 13.6. The number of halogens is 2. The number of carbonyl (C=O) groups excluding carboxylic acids is 1. The maximum absolute atomic E-state index is 13.6. The first kappa shape index (κ1) is 13.1. The zero-order valence-corrected chi connectivity index (χ0v) is 10.7. The summed E-state index contributed by atoms with van der Waals surface area (Å²) in [6.07, 6.45) is 1.84. The second kappa shape index (κ2) is 5.57. The number of phenols is 1. The lowest BCUT2D eigenvalue weighted by Crippen LogP contribution is -2.40. The van der Waals surface area contributed by atoms with Crippen LogP contribution in [0.1, 0.15) is 23.2 Å². The van der Waals surface area contributed by atoms with Crippen molar-refractivity contribution in [2.24, 2.45) is 5.92 Å². The van der Waals surface area contributed by atoms with E-state index < -0.39 is 11.7 Å². The lowest BCUT2D eigenvalue weighted by atomic mass is 9.99. The molecule has 0 radical (unpaired) electrons. The van der Waals surface area contributed by atoms with E-state index in [0.717, 1.165) is 12.8 Å². The number of piperidine rings is 1. The van der Waals surface area contributed by atoms with Gasteiger partial charge in [-0.3, -0.25) is 4.79 Å². The first-order valence-electron chi connectivity index (χ1n) is 5.96. The quantitative estimate of drug-likeness (QED) is 0.840. The summed E-state index contributed by atoms with van der Waals surface area (Å²) in [5, 5.41) is 9.60. The van der Waals surface area contributed by atoms with Crippen molar-refractivity contribution in [1.82, 2.24) is 4.90 Å². The Morgan fingerprint density at radius 3 is 3.00 bits per heavy atom. The first-order chi connectivity index (χ1) is 8.63. The highest BCUT2D eigenvalue weighted by Gasteiger charge is 2.27. The number of phenolic OH excluding ortho intramolecular Hbond substituents is 1. The molecular weight excluding hydrogens is 257 g/mol. The van der Waals surface area contributed by atoms with Crippen molar-refractivity contribution in [1.29, 1.82) is 0 Å². The zero-order chi connectivity index (χ0) is 13.1. The van der Waals surface area contributed by atoms with Gasteiger partial charge in [0, 0.05) is 19.0 Å². The Morgan fingerprint density at radius 1 is 1.56 bits per heavy atom. The van der Waals surface area contributed by atoms with Crippen LogP contribution in [0.3, 0.4) is 0 Å².